The SMILES string of the molecule is c1ccc(-c2cc(-c3ccc(-n4c5ccccc5c5c6sccc6ccc54)cc3)nc(-c3ccccc3)n2)cc1. The van der Waals surface area contributed by atoms with Crippen LogP contribution in [0.1, 0.15) is 0 Å². The van der Waals surface area contributed by atoms with Crippen molar-refractivity contribution in [3.05, 3.63) is 139 Å². The molecule has 40 heavy (non-hydrogen) atoms. The summed E-state index contributed by atoms with van der Waals surface area (Å²) in [4.78, 5) is 9.94. The van der Waals surface area contributed by atoms with Gasteiger partial charge in [0.15, 0.2) is 5.82 Å². The van der Waals surface area contributed by atoms with Crippen molar-refractivity contribution < 1.29 is 0 Å². The van der Waals surface area contributed by atoms with Crippen molar-refractivity contribution in [2.75, 3.05) is 0 Å². The summed E-state index contributed by atoms with van der Waals surface area (Å²) in [5.74, 6) is 0.725. The van der Waals surface area contributed by atoms with Crippen molar-refractivity contribution >= 4 is 43.2 Å². The smallest absolute Gasteiger partial charge is 0.160 e. The average Bonchev–Trinajstić information content (AvgIpc) is 3.64. The van der Waals surface area contributed by atoms with Crippen LogP contribution in [0.3, 0.4) is 0 Å². The van der Waals surface area contributed by atoms with Gasteiger partial charge >= 0.3 is 0 Å². The molecule has 188 valence electrons. The van der Waals surface area contributed by atoms with Gasteiger partial charge in [0.05, 0.1) is 22.4 Å². The molecule has 0 aliphatic heterocycles. The maximum atomic E-state index is 5.00. The quantitative estimate of drug-likeness (QED) is 0.227. The predicted molar refractivity (Wildman–Crippen MR) is 168 cm³/mol. The molecule has 0 aliphatic carbocycles. The van der Waals surface area contributed by atoms with E-state index in [0.29, 0.717) is 0 Å². The number of benzene rings is 5. The highest BCUT2D eigenvalue weighted by Crippen LogP contribution is 2.39. The number of fused-ring (bicyclic) bond motifs is 5. The summed E-state index contributed by atoms with van der Waals surface area (Å²) in [6.07, 6.45) is 0. The number of hydrogen-bond acceptors (Lipinski definition) is 3. The molecule has 0 aliphatic rings. The van der Waals surface area contributed by atoms with Crippen molar-refractivity contribution in [3.63, 3.8) is 0 Å². The number of para-hydroxylation sites is 1. The van der Waals surface area contributed by atoms with Crippen LogP contribution in [0.4, 0.5) is 0 Å². The Kier molecular flexibility index (Phi) is 5.32. The summed E-state index contributed by atoms with van der Waals surface area (Å²) in [7, 11) is 0. The Morgan fingerprint density at radius 2 is 1.18 bits per heavy atom. The average molecular weight is 530 g/mol. The van der Waals surface area contributed by atoms with Gasteiger partial charge in [0.25, 0.3) is 0 Å². The van der Waals surface area contributed by atoms with Crippen molar-refractivity contribution in [1.29, 1.82) is 0 Å². The van der Waals surface area contributed by atoms with E-state index in [2.05, 4.69) is 107 Å². The topological polar surface area (TPSA) is 30.7 Å². The molecule has 0 saturated carbocycles. The lowest BCUT2D eigenvalue weighted by Crippen LogP contribution is -1.97. The monoisotopic (exact) mass is 529 g/mol. The van der Waals surface area contributed by atoms with Gasteiger partial charge in [-0.05, 0) is 47.2 Å². The van der Waals surface area contributed by atoms with Crippen molar-refractivity contribution in [2.45, 2.75) is 0 Å². The Morgan fingerprint density at radius 1 is 0.525 bits per heavy atom. The van der Waals surface area contributed by atoms with Gasteiger partial charge in [-0.3, -0.25) is 0 Å². The van der Waals surface area contributed by atoms with Crippen LogP contribution in [0, 0.1) is 0 Å². The molecular weight excluding hydrogens is 506 g/mol. The van der Waals surface area contributed by atoms with Gasteiger partial charge in [0.1, 0.15) is 0 Å². The van der Waals surface area contributed by atoms with Crippen LogP contribution >= 0.6 is 11.3 Å². The summed E-state index contributed by atoms with van der Waals surface area (Å²) in [5.41, 5.74) is 8.52. The van der Waals surface area contributed by atoms with Crippen molar-refractivity contribution in [3.8, 4) is 39.6 Å². The lowest BCUT2D eigenvalue weighted by Gasteiger charge is -2.11. The highest BCUT2D eigenvalue weighted by Gasteiger charge is 2.16. The van der Waals surface area contributed by atoms with Gasteiger partial charge in [0, 0.05) is 37.9 Å². The highest BCUT2D eigenvalue weighted by atomic mass is 32.1. The third kappa shape index (κ3) is 3.73. The molecule has 0 saturated heterocycles. The molecule has 0 fully saturated rings. The minimum absolute atomic E-state index is 0.725. The second kappa shape index (κ2) is 9.30. The van der Waals surface area contributed by atoms with Crippen LogP contribution in [-0.4, -0.2) is 14.5 Å². The Bertz CT molecular complexity index is 2080. The van der Waals surface area contributed by atoms with Gasteiger partial charge in [-0.15, -0.1) is 11.3 Å². The van der Waals surface area contributed by atoms with Gasteiger partial charge in [-0.2, -0.15) is 0 Å². The lowest BCUT2D eigenvalue weighted by molar-refractivity contribution is 1.17. The Balaban J connectivity index is 1.28. The van der Waals surface area contributed by atoms with E-state index in [-0.39, 0.29) is 0 Å². The molecule has 0 amide bonds. The zero-order chi connectivity index (χ0) is 26.5. The molecule has 0 spiro atoms. The molecule has 0 unspecified atom stereocenters. The zero-order valence-electron chi connectivity index (χ0n) is 21.5. The van der Waals surface area contributed by atoms with Gasteiger partial charge in [0.2, 0.25) is 0 Å². The Labute approximate surface area is 235 Å². The molecule has 8 aromatic rings. The lowest BCUT2D eigenvalue weighted by atomic mass is 10.1. The summed E-state index contributed by atoms with van der Waals surface area (Å²) in [5, 5.41) is 6.08. The fourth-order valence-electron chi connectivity index (χ4n) is 5.61. The van der Waals surface area contributed by atoms with E-state index in [4.69, 9.17) is 9.97 Å². The van der Waals surface area contributed by atoms with Gasteiger partial charge in [-0.1, -0.05) is 97.1 Å². The van der Waals surface area contributed by atoms with Crippen LogP contribution in [0.15, 0.2) is 139 Å². The third-order valence-corrected chi connectivity index (χ3v) is 8.45. The summed E-state index contributed by atoms with van der Waals surface area (Å²) in [6, 6.07) is 46.7. The fourth-order valence-corrected chi connectivity index (χ4v) is 6.56. The maximum absolute atomic E-state index is 5.00. The standard InChI is InChI=1S/C36H23N3S/c1-3-9-24(10-4-1)30-23-31(38-36(37-30)27-11-5-2-6-12-27)25-15-18-28(19-16-25)39-32-14-8-7-13-29(32)34-33(39)20-17-26-21-22-40-35(26)34/h1-23H. The molecule has 0 N–H and O–H groups in total. The van der Waals surface area contributed by atoms with Crippen LogP contribution in [-0.2, 0) is 0 Å². The number of hydrogen-bond donors (Lipinski definition) is 0. The van der Waals surface area contributed by atoms with E-state index in [9.17, 15) is 0 Å². The van der Waals surface area contributed by atoms with Crippen LogP contribution < -0.4 is 0 Å². The Hall–Kier alpha value is -5.06. The van der Waals surface area contributed by atoms with Crippen molar-refractivity contribution in [2.24, 2.45) is 0 Å². The van der Waals surface area contributed by atoms with E-state index >= 15 is 0 Å². The number of nitrogens with zero attached hydrogens (tertiary/aromatic N) is 3. The van der Waals surface area contributed by atoms with E-state index in [1.54, 1.807) is 0 Å². The molecule has 4 heteroatoms. The summed E-state index contributed by atoms with van der Waals surface area (Å²) < 4.78 is 3.71. The largest absolute Gasteiger partial charge is 0.309 e. The molecule has 3 heterocycles. The number of rotatable bonds is 4. The van der Waals surface area contributed by atoms with Crippen LogP contribution in [0.5, 0.6) is 0 Å². The van der Waals surface area contributed by atoms with Crippen LogP contribution in [0.25, 0.3) is 71.5 Å². The molecule has 0 bridgehead atoms. The van der Waals surface area contributed by atoms with Gasteiger partial charge in [-0.25, -0.2) is 9.97 Å². The molecule has 5 aromatic carbocycles. The molecule has 3 nitrogen and oxygen atoms in total. The second-order valence-electron chi connectivity index (χ2n) is 9.89. The molecule has 0 atom stereocenters. The normalized spacial score (nSPS) is 11.5. The summed E-state index contributed by atoms with van der Waals surface area (Å²) in [6.45, 7) is 0. The van der Waals surface area contributed by atoms with E-state index in [1.165, 1.54) is 31.9 Å². The summed E-state index contributed by atoms with van der Waals surface area (Å²) >= 11 is 1.81. The minimum atomic E-state index is 0.725. The van der Waals surface area contributed by atoms with E-state index in [0.717, 1.165) is 39.6 Å². The first-order valence-corrected chi connectivity index (χ1v) is 14.2. The molecular formula is C36H23N3S. The molecule has 8 rings (SSSR count). The Morgan fingerprint density at radius 3 is 1.93 bits per heavy atom. The minimum Gasteiger partial charge on any atom is -0.309 e. The second-order valence-corrected chi connectivity index (χ2v) is 10.8. The van der Waals surface area contributed by atoms with E-state index in [1.807, 2.05) is 47.7 Å². The highest BCUT2D eigenvalue weighted by molar-refractivity contribution is 7.18. The molecule has 0 radical (unpaired) electrons. The zero-order valence-corrected chi connectivity index (χ0v) is 22.3. The maximum Gasteiger partial charge on any atom is 0.160 e. The number of aromatic nitrogens is 3. The first-order chi connectivity index (χ1) is 19.8. The predicted octanol–water partition coefficient (Wildman–Crippen LogP) is 9.79. The molecule has 3 aromatic heterocycles. The van der Waals surface area contributed by atoms with E-state index < -0.39 is 0 Å². The third-order valence-electron chi connectivity index (χ3n) is 7.50. The number of thiophene rings is 1. The fraction of sp³-hybridized carbons (Fsp3) is 0. The van der Waals surface area contributed by atoms with Gasteiger partial charge < -0.3 is 4.57 Å². The first kappa shape index (κ1) is 22.9. The first-order valence-electron chi connectivity index (χ1n) is 13.3. The van der Waals surface area contributed by atoms with Crippen LogP contribution in [0.2, 0.25) is 0 Å². The van der Waals surface area contributed by atoms with Crippen molar-refractivity contribution in [1.82, 2.24) is 14.5 Å².